The number of H-pyrrole nitrogens is 2. The van der Waals surface area contributed by atoms with E-state index in [9.17, 15) is 28.8 Å². The van der Waals surface area contributed by atoms with E-state index in [4.69, 9.17) is 11.5 Å². The first-order valence-corrected chi connectivity index (χ1v) is 18.6. The molecule has 0 fully saturated rings. The quantitative estimate of drug-likeness (QED) is 0.0655. The van der Waals surface area contributed by atoms with Crippen LogP contribution in [0.3, 0.4) is 0 Å². The van der Waals surface area contributed by atoms with E-state index in [2.05, 4.69) is 41.9 Å². The molecule has 60 heavy (non-hydrogen) atoms. The van der Waals surface area contributed by atoms with Crippen LogP contribution in [0.1, 0.15) is 56.8 Å². The van der Waals surface area contributed by atoms with Gasteiger partial charge in [-0.05, 0) is 97.5 Å². The number of aromatic nitrogens is 2. The van der Waals surface area contributed by atoms with Gasteiger partial charge in [-0.3, -0.25) is 19.2 Å². The van der Waals surface area contributed by atoms with Crippen LogP contribution >= 0.6 is 0 Å². The summed E-state index contributed by atoms with van der Waals surface area (Å²) in [6.45, 7) is 10.4. The van der Waals surface area contributed by atoms with Gasteiger partial charge in [0.15, 0.2) is 0 Å². The number of carbonyl (C=O) groups is 6. The Morgan fingerprint density at radius 3 is 1.13 bits per heavy atom. The second-order valence-electron chi connectivity index (χ2n) is 13.9. The van der Waals surface area contributed by atoms with E-state index in [0.29, 0.717) is 33.6 Å². The van der Waals surface area contributed by atoms with E-state index >= 15 is 0 Å². The topological polar surface area (TPSA) is 258 Å². The highest BCUT2D eigenvalue weighted by Crippen LogP contribution is 2.31. The van der Waals surface area contributed by atoms with Crippen LogP contribution in [0.25, 0.3) is 22.3 Å². The number of aryl methyl sites for hydroxylation is 4. The van der Waals surface area contributed by atoms with E-state index in [1.807, 2.05) is 64.1 Å². The van der Waals surface area contributed by atoms with Gasteiger partial charge in [-0.1, -0.05) is 48.5 Å². The zero-order valence-corrected chi connectivity index (χ0v) is 33.8. The maximum Gasteiger partial charge on any atom is 0.323 e. The monoisotopic (exact) mass is 810 g/mol. The normalized spacial score (nSPS) is 10.4. The molecule has 0 unspecified atom stereocenters. The summed E-state index contributed by atoms with van der Waals surface area (Å²) in [5, 5.41) is 16.3. The zero-order valence-electron chi connectivity index (χ0n) is 33.8. The molecule has 0 bridgehead atoms. The van der Waals surface area contributed by atoms with Crippen molar-refractivity contribution in [3.8, 4) is 22.3 Å². The lowest BCUT2D eigenvalue weighted by Gasteiger charge is -2.11. The van der Waals surface area contributed by atoms with Crippen LogP contribution < -0.4 is 43.4 Å². The molecule has 308 valence electrons. The molecular formula is C44H46N10O6. The maximum absolute atomic E-state index is 12.3. The minimum atomic E-state index is -0.662. The third-order valence-electron chi connectivity index (χ3n) is 9.05. The van der Waals surface area contributed by atoms with Crippen molar-refractivity contribution in [1.82, 2.24) is 9.97 Å². The summed E-state index contributed by atoms with van der Waals surface area (Å²) in [7, 11) is 0. The molecule has 16 heteroatoms. The van der Waals surface area contributed by atoms with E-state index in [-0.39, 0.29) is 46.6 Å². The molecule has 0 spiro atoms. The molecule has 2 heterocycles. The van der Waals surface area contributed by atoms with Crippen molar-refractivity contribution >= 4 is 70.1 Å². The number of benzene rings is 4. The lowest BCUT2D eigenvalue weighted by atomic mass is 10.0. The molecule has 0 saturated heterocycles. The van der Waals surface area contributed by atoms with Crippen molar-refractivity contribution < 1.29 is 28.8 Å². The van der Waals surface area contributed by atoms with Crippen molar-refractivity contribution in [1.29, 1.82) is 0 Å². The van der Waals surface area contributed by atoms with Gasteiger partial charge in [0, 0.05) is 60.1 Å². The number of amides is 8. The molecule has 4 aromatic carbocycles. The predicted octanol–water partition coefficient (Wildman–Crippen LogP) is 8.00. The lowest BCUT2D eigenvalue weighted by Crippen LogP contribution is -2.20. The average Bonchev–Trinajstić information content (AvgIpc) is 3.79. The van der Waals surface area contributed by atoms with Gasteiger partial charge in [-0.15, -0.1) is 0 Å². The summed E-state index contributed by atoms with van der Waals surface area (Å²) in [6, 6.07) is 24.8. The molecule has 8 amide bonds. The van der Waals surface area contributed by atoms with Crippen LogP contribution in [0, 0.1) is 27.7 Å². The number of hydrogen-bond donors (Lipinski definition) is 10. The summed E-state index contributed by atoms with van der Waals surface area (Å²) in [5.74, 6) is -1.46. The average molecular weight is 811 g/mol. The molecule has 0 radical (unpaired) electrons. The Balaban J connectivity index is 0.000000228. The Morgan fingerprint density at radius 1 is 0.467 bits per heavy atom. The molecule has 0 aliphatic rings. The Morgan fingerprint density at radius 2 is 0.817 bits per heavy atom. The number of carbonyl (C=O) groups excluding carboxylic acids is 6. The van der Waals surface area contributed by atoms with Crippen LogP contribution in [0.5, 0.6) is 0 Å². The number of nitrogens with one attached hydrogen (secondary N) is 8. The fourth-order valence-corrected chi connectivity index (χ4v) is 6.14. The zero-order chi connectivity index (χ0) is 43.7. The third kappa shape index (κ3) is 11.0. The summed E-state index contributed by atoms with van der Waals surface area (Å²) in [6.07, 6.45) is 3.20. The minimum absolute atomic E-state index is 0.193. The van der Waals surface area contributed by atoms with Crippen LogP contribution in [0.15, 0.2) is 97.3 Å². The number of hydrogen-bond acceptors (Lipinski definition) is 6. The highest BCUT2D eigenvalue weighted by atomic mass is 16.2. The van der Waals surface area contributed by atoms with Crippen molar-refractivity contribution in [3.05, 3.63) is 131 Å². The Kier molecular flexibility index (Phi) is 13.5. The minimum Gasteiger partial charge on any atom is -0.365 e. The first-order chi connectivity index (χ1) is 28.5. The molecule has 0 aliphatic carbocycles. The van der Waals surface area contributed by atoms with E-state index in [1.54, 1.807) is 60.9 Å². The van der Waals surface area contributed by atoms with Crippen molar-refractivity contribution in [3.63, 3.8) is 0 Å². The number of anilines is 6. The van der Waals surface area contributed by atoms with Gasteiger partial charge < -0.3 is 53.3 Å². The molecule has 0 saturated carbocycles. The first kappa shape index (κ1) is 43.0. The largest absolute Gasteiger partial charge is 0.365 e. The van der Waals surface area contributed by atoms with Crippen molar-refractivity contribution in [2.24, 2.45) is 11.5 Å². The Bertz CT molecular complexity index is 2410. The molecule has 12 N–H and O–H groups in total. The number of urea groups is 2. The number of aromatic amines is 2. The van der Waals surface area contributed by atoms with Gasteiger partial charge in [0.1, 0.15) is 11.6 Å². The second kappa shape index (κ2) is 18.9. The lowest BCUT2D eigenvalue weighted by molar-refractivity contribution is -0.115. The summed E-state index contributed by atoms with van der Waals surface area (Å²) in [5.41, 5.74) is 20.6. The Labute approximate surface area is 345 Å². The number of nitrogens with two attached hydrogens (primary N) is 2. The van der Waals surface area contributed by atoms with E-state index in [0.717, 1.165) is 33.6 Å². The van der Waals surface area contributed by atoms with Gasteiger partial charge in [0.05, 0.1) is 11.1 Å². The summed E-state index contributed by atoms with van der Waals surface area (Å²) >= 11 is 0. The van der Waals surface area contributed by atoms with Crippen LogP contribution in [-0.2, 0) is 9.59 Å². The molecule has 2 aromatic heterocycles. The number of rotatable bonds is 10. The van der Waals surface area contributed by atoms with Gasteiger partial charge >= 0.3 is 12.1 Å². The van der Waals surface area contributed by atoms with Crippen LogP contribution in [0.4, 0.5) is 44.0 Å². The molecule has 0 atom stereocenters. The highest BCUT2D eigenvalue weighted by molar-refractivity contribution is 6.09. The predicted molar refractivity (Wildman–Crippen MR) is 235 cm³/mol. The van der Waals surface area contributed by atoms with Gasteiger partial charge in [-0.2, -0.15) is 0 Å². The van der Waals surface area contributed by atoms with Crippen LogP contribution in [-0.4, -0.2) is 45.7 Å². The second-order valence-corrected chi connectivity index (χ2v) is 13.9. The first-order valence-electron chi connectivity index (χ1n) is 18.6. The fraction of sp³-hybridized carbons (Fsp3) is 0.136. The molecular weight excluding hydrogens is 765 g/mol. The smallest absolute Gasteiger partial charge is 0.323 e. The van der Waals surface area contributed by atoms with Gasteiger partial charge in [-0.25, -0.2) is 9.59 Å². The summed E-state index contributed by atoms with van der Waals surface area (Å²) < 4.78 is 0. The van der Waals surface area contributed by atoms with E-state index in [1.165, 1.54) is 13.8 Å². The van der Waals surface area contributed by atoms with E-state index < -0.39 is 11.8 Å². The third-order valence-corrected chi connectivity index (χ3v) is 9.05. The molecule has 16 nitrogen and oxygen atoms in total. The molecule has 0 aliphatic heterocycles. The van der Waals surface area contributed by atoms with Crippen molar-refractivity contribution in [2.45, 2.75) is 41.5 Å². The standard InChI is InChI=1S/2C22H23N5O3/c2*1-12-4-5-13(2)18(10-12)27-22(30)26-16-8-6-15(7-9-16)17-11-24-21(25-14(3)28)19(17)20(23)29/h2*4-11,24H,1-3H3,(H2,23,29)(H,25,28)(H2,26,27,30). The Hall–Kier alpha value is -8.14. The number of primary amides is 2. The van der Waals surface area contributed by atoms with Crippen LogP contribution in [0.2, 0.25) is 0 Å². The van der Waals surface area contributed by atoms with Gasteiger partial charge in [0.2, 0.25) is 11.8 Å². The maximum atomic E-state index is 12.3. The molecule has 6 aromatic rings. The molecule has 6 rings (SSSR count). The summed E-state index contributed by atoms with van der Waals surface area (Å²) in [4.78, 5) is 76.8. The fourth-order valence-electron chi connectivity index (χ4n) is 6.14. The SMILES string of the molecule is CC(=O)Nc1[nH]cc(-c2ccc(NC(=O)Nc3cc(C)ccc3C)cc2)c1C(N)=O.CC(=O)Nc1[nH]cc(-c2ccc(NC(=O)Nc3cc(C)ccc3C)cc2)c1C(N)=O. The van der Waals surface area contributed by atoms with Crippen molar-refractivity contribution in [2.75, 3.05) is 31.9 Å². The highest BCUT2D eigenvalue weighted by Gasteiger charge is 2.20. The van der Waals surface area contributed by atoms with Gasteiger partial charge in [0.25, 0.3) is 11.8 Å².